The van der Waals surface area contributed by atoms with Crippen LogP contribution in [0.2, 0.25) is 0 Å². The molecular formula is C14H9NS. The van der Waals surface area contributed by atoms with Gasteiger partial charge in [-0.05, 0) is 12.1 Å². The van der Waals surface area contributed by atoms with Gasteiger partial charge >= 0.3 is 0 Å². The molecule has 2 aromatic heterocycles. The highest BCUT2D eigenvalue weighted by molar-refractivity contribution is 7.25. The van der Waals surface area contributed by atoms with Gasteiger partial charge in [0.05, 0.1) is 0 Å². The van der Waals surface area contributed by atoms with Gasteiger partial charge in [-0.15, -0.1) is 11.3 Å². The third-order valence-electron chi connectivity index (χ3n) is 3.04. The fourth-order valence-electron chi connectivity index (χ4n) is 2.33. The summed E-state index contributed by atoms with van der Waals surface area (Å²) < 4.78 is 1.36. The molecule has 0 saturated heterocycles. The summed E-state index contributed by atoms with van der Waals surface area (Å²) in [7, 11) is 0. The van der Waals surface area contributed by atoms with Crippen LogP contribution >= 0.6 is 11.3 Å². The van der Waals surface area contributed by atoms with E-state index < -0.39 is 0 Å². The van der Waals surface area contributed by atoms with Crippen molar-refractivity contribution in [1.82, 2.24) is 4.98 Å². The van der Waals surface area contributed by atoms with E-state index in [9.17, 15) is 0 Å². The summed E-state index contributed by atoms with van der Waals surface area (Å²) in [4.78, 5) is 4.77. The Hall–Kier alpha value is -1.80. The molecule has 76 valence electrons. The van der Waals surface area contributed by atoms with Crippen molar-refractivity contribution in [3.8, 4) is 0 Å². The second-order valence-corrected chi connectivity index (χ2v) is 5.03. The molecule has 4 rings (SSSR count). The minimum absolute atomic E-state index is 1.23. The minimum Gasteiger partial charge on any atom is -0.346 e. The number of fused-ring (bicyclic) bond motifs is 5. The zero-order chi connectivity index (χ0) is 10.5. The third kappa shape index (κ3) is 0.947. The summed E-state index contributed by atoms with van der Waals surface area (Å²) in [5.41, 5.74) is 1.23. The van der Waals surface area contributed by atoms with E-state index in [0.29, 0.717) is 0 Å². The number of hydrogen-bond acceptors (Lipinski definition) is 1. The minimum atomic E-state index is 1.23. The highest BCUT2D eigenvalue weighted by Gasteiger charge is 2.09. The molecule has 1 N–H and O–H groups in total. The topological polar surface area (TPSA) is 15.8 Å². The van der Waals surface area contributed by atoms with Gasteiger partial charge in [0.1, 0.15) is 4.83 Å². The number of benzene rings is 2. The molecule has 4 aromatic rings. The molecule has 0 bridgehead atoms. The smallest absolute Gasteiger partial charge is 0.102 e. The maximum absolute atomic E-state index is 3.49. The molecule has 0 aliphatic carbocycles. The van der Waals surface area contributed by atoms with E-state index in [-0.39, 0.29) is 0 Å². The fraction of sp³-hybridized carbons (Fsp3) is 0. The summed E-state index contributed by atoms with van der Waals surface area (Å²) >= 11 is 1.83. The quantitative estimate of drug-likeness (QED) is 0.450. The first-order chi connectivity index (χ1) is 7.93. The number of thiophene rings is 1. The van der Waals surface area contributed by atoms with Gasteiger partial charge < -0.3 is 4.98 Å². The summed E-state index contributed by atoms with van der Waals surface area (Å²) in [6, 6.07) is 17.1. The van der Waals surface area contributed by atoms with Crippen LogP contribution in [0.4, 0.5) is 0 Å². The lowest BCUT2D eigenvalue weighted by Crippen LogP contribution is -1.66. The van der Waals surface area contributed by atoms with E-state index in [0.717, 1.165) is 0 Å². The van der Waals surface area contributed by atoms with Crippen LogP contribution in [-0.4, -0.2) is 4.98 Å². The van der Waals surface area contributed by atoms with Crippen molar-refractivity contribution in [2.24, 2.45) is 0 Å². The molecule has 2 heteroatoms. The van der Waals surface area contributed by atoms with Crippen LogP contribution in [-0.2, 0) is 0 Å². The normalized spacial score (nSPS) is 11.8. The maximum atomic E-state index is 3.49. The first-order valence-electron chi connectivity index (χ1n) is 5.31. The van der Waals surface area contributed by atoms with Crippen molar-refractivity contribution < 1.29 is 0 Å². The van der Waals surface area contributed by atoms with Crippen molar-refractivity contribution in [3.05, 3.63) is 48.5 Å². The van der Waals surface area contributed by atoms with Crippen LogP contribution in [0.15, 0.2) is 48.5 Å². The van der Waals surface area contributed by atoms with Gasteiger partial charge in [0, 0.05) is 26.4 Å². The molecule has 16 heavy (non-hydrogen) atoms. The predicted molar refractivity (Wildman–Crippen MR) is 71.2 cm³/mol. The largest absolute Gasteiger partial charge is 0.346 e. The molecule has 0 aliphatic heterocycles. The fourth-order valence-corrected chi connectivity index (χ4v) is 3.46. The Morgan fingerprint density at radius 1 is 0.812 bits per heavy atom. The molecule has 2 heterocycles. The summed E-state index contributed by atoms with van der Waals surface area (Å²) in [5, 5.41) is 4.06. The van der Waals surface area contributed by atoms with E-state index in [2.05, 4.69) is 53.5 Å². The molecule has 1 nitrogen and oxygen atoms in total. The van der Waals surface area contributed by atoms with Crippen LogP contribution in [0.3, 0.4) is 0 Å². The highest BCUT2D eigenvalue weighted by Crippen LogP contribution is 2.37. The Labute approximate surface area is 96.3 Å². The second kappa shape index (κ2) is 2.86. The van der Waals surface area contributed by atoms with Crippen LogP contribution in [0.1, 0.15) is 0 Å². The molecule has 0 aliphatic rings. The number of rotatable bonds is 0. The molecule has 0 spiro atoms. The number of aromatic nitrogens is 1. The average Bonchev–Trinajstić information content (AvgIpc) is 2.83. The van der Waals surface area contributed by atoms with E-state index in [1.807, 2.05) is 11.3 Å². The monoisotopic (exact) mass is 223 g/mol. The van der Waals surface area contributed by atoms with Crippen LogP contribution in [0, 0.1) is 0 Å². The Balaban J connectivity index is 2.38. The molecule has 0 unspecified atom stereocenters. The summed E-state index contributed by atoms with van der Waals surface area (Å²) in [6.45, 7) is 0. The van der Waals surface area contributed by atoms with Gasteiger partial charge in [-0.25, -0.2) is 0 Å². The highest BCUT2D eigenvalue weighted by atomic mass is 32.1. The predicted octanol–water partition coefficient (Wildman–Crippen LogP) is 4.54. The average molecular weight is 223 g/mol. The Morgan fingerprint density at radius 2 is 1.56 bits per heavy atom. The number of nitrogens with one attached hydrogen (secondary N) is 1. The van der Waals surface area contributed by atoms with E-state index >= 15 is 0 Å². The summed E-state index contributed by atoms with van der Waals surface area (Å²) in [5.74, 6) is 0. The molecule has 0 fully saturated rings. The van der Waals surface area contributed by atoms with Crippen LogP contribution < -0.4 is 0 Å². The Morgan fingerprint density at radius 3 is 2.50 bits per heavy atom. The van der Waals surface area contributed by atoms with Crippen LogP contribution in [0.25, 0.3) is 31.2 Å². The molecule has 0 amide bonds. The lowest BCUT2D eigenvalue weighted by molar-refractivity contribution is 1.58. The molecule has 0 atom stereocenters. The number of aromatic amines is 1. The first-order valence-corrected chi connectivity index (χ1v) is 6.13. The van der Waals surface area contributed by atoms with Gasteiger partial charge in [0.15, 0.2) is 0 Å². The molecular weight excluding hydrogens is 214 g/mol. The van der Waals surface area contributed by atoms with Crippen LogP contribution in [0.5, 0.6) is 0 Å². The lowest BCUT2D eigenvalue weighted by Gasteiger charge is -1.90. The van der Waals surface area contributed by atoms with Gasteiger partial charge in [-0.2, -0.15) is 0 Å². The second-order valence-electron chi connectivity index (χ2n) is 3.97. The standard InChI is InChI=1S/C14H9NS/c1-3-7-11-9(5-1)13-10-6-2-4-8-12(10)16-14(13)15-11/h1-8,15H. The number of hydrogen-bond donors (Lipinski definition) is 1. The number of H-pyrrole nitrogens is 1. The van der Waals surface area contributed by atoms with E-state index in [1.54, 1.807) is 0 Å². The van der Waals surface area contributed by atoms with E-state index in [1.165, 1.54) is 31.2 Å². The Kier molecular flexibility index (Phi) is 1.50. The van der Waals surface area contributed by atoms with E-state index in [4.69, 9.17) is 0 Å². The molecule has 0 saturated carbocycles. The van der Waals surface area contributed by atoms with Crippen molar-refractivity contribution in [1.29, 1.82) is 0 Å². The van der Waals surface area contributed by atoms with Gasteiger partial charge in [0.25, 0.3) is 0 Å². The maximum Gasteiger partial charge on any atom is 0.102 e. The number of para-hydroxylation sites is 1. The van der Waals surface area contributed by atoms with Crippen molar-refractivity contribution in [2.75, 3.05) is 0 Å². The van der Waals surface area contributed by atoms with Crippen molar-refractivity contribution in [2.45, 2.75) is 0 Å². The van der Waals surface area contributed by atoms with Crippen molar-refractivity contribution in [3.63, 3.8) is 0 Å². The first kappa shape index (κ1) is 8.36. The Bertz CT molecular complexity index is 742. The molecule has 2 aromatic carbocycles. The van der Waals surface area contributed by atoms with Gasteiger partial charge in [-0.3, -0.25) is 0 Å². The molecule has 0 radical (unpaired) electrons. The zero-order valence-electron chi connectivity index (χ0n) is 8.53. The van der Waals surface area contributed by atoms with Gasteiger partial charge in [-0.1, -0.05) is 36.4 Å². The zero-order valence-corrected chi connectivity index (χ0v) is 9.34. The third-order valence-corrected chi connectivity index (χ3v) is 4.13. The van der Waals surface area contributed by atoms with Gasteiger partial charge in [0.2, 0.25) is 0 Å². The SMILES string of the molecule is c1ccc2c(c1)[nH]c1sc3ccccc3c12. The lowest BCUT2D eigenvalue weighted by atomic mass is 10.1. The van der Waals surface area contributed by atoms with Crippen molar-refractivity contribution >= 4 is 42.5 Å². The summed E-state index contributed by atoms with van der Waals surface area (Å²) in [6.07, 6.45) is 0.